The van der Waals surface area contributed by atoms with Gasteiger partial charge in [0.2, 0.25) is 0 Å². The highest BCUT2D eigenvalue weighted by molar-refractivity contribution is 5.80. The van der Waals surface area contributed by atoms with Gasteiger partial charge in [0.1, 0.15) is 11.6 Å². The molecule has 3 aliphatic rings. The second-order valence-corrected chi connectivity index (χ2v) is 8.30. The van der Waals surface area contributed by atoms with E-state index < -0.39 is 0 Å². The van der Waals surface area contributed by atoms with E-state index in [0.717, 1.165) is 44.7 Å². The summed E-state index contributed by atoms with van der Waals surface area (Å²) in [5, 5.41) is 0. The number of piperidine rings is 1. The first-order valence-corrected chi connectivity index (χ1v) is 10.3. The summed E-state index contributed by atoms with van der Waals surface area (Å²) < 4.78 is 18.8. The number of rotatable bonds is 4. The van der Waals surface area contributed by atoms with E-state index in [1.54, 1.807) is 7.11 Å². The Morgan fingerprint density at radius 2 is 2.04 bits per heavy atom. The number of likely N-dealkylation sites (tertiary alicyclic amines) is 1. The SMILES string of the molecule is COc1cc(F)ccc1CCN1CCC2C(C1)c1cccc3c1N2CCN3C. The van der Waals surface area contributed by atoms with Crippen LogP contribution in [0.25, 0.3) is 0 Å². The molecule has 0 aliphatic carbocycles. The Morgan fingerprint density at radius 1 is 1.14 bits per heavy atom. The van der Waals surface area contributed by atoms with Crippen LogP contribution in [0.3, 0.4) is 0 Å². The topological polar surface area (TPSA) is 19.0 Å². The normalized spacial score (nSPS) is 23.5. The highest BCUT2D eigenvalue weighted by atomic mass is 19.1. The Balaban J connectivity index is 1.33. The summed E-state index contributed by atoms with van der Waals surface area (Å²) in [4.78, 5) is 7.65. The summed E-state index contributed by atoms with van der Waals surface area (Å²) in [6.07, 6.45) is 2.10. The zero-order valence-electron chi connectivity index (χ0n) is 16.7. The van der Waals surface area contributed by atoms with Gasteiger partial charge in [0.15, 0.2) is 0 Å². The second-order valence-electron chi connectivity index (χ2n) is 8.30. The maximum absolute atomic E-state index is 13.5. The fraction of sp³-hybridized carbons (Fsp3) is 0.478. The van der Waals surface area contributed by atoms with Gasteiger partial charge in [0.25, 0.3) is 0 Å². The quantitative estimate of drug-likeness (QED) is 0.807. The van der Waals surface area contributed by atoms with Gasteiger partial charge in [-0.15, -0.1) is 0 Å². The van der Waals surface area contributed by atoms with Crippen LogP contribution in [0.4, 0.5) is 15.8 Å². The zero-order chi connectivity index (χ0) is 19.3. The lowest BCUT2D eigenvalue weighted by atomic mass is 9.89. The highest BCUT2D eigenvalue weighted by Gasteiger charge is 2.44. The summed E-state index contributed by atoms with van der Waals surface area (Å²) in [6, 6.07) is 12.3. The van der Waals surface area contributed by atoms with Gasteiger partial charge in [0, 0.05) is 57.8 Å². The third-order valence-corrected chi connectivity index (χ3v) is 6.83. The number of nitrogens with zero attached hydrogens (tertiary/aromatic N) is 3. The van der Waals surface area contributed by atoms with Crippen molar-refractivity contribution in [2.24, 2.45) is 0 Å². The minimum absolute atomic E-state index is 0.240. The molecule has 148 valence electrons. The van der Waals surface area contributed by atoms with E-state index in [-0.39, 0.29) is 5.82 Å². The molecule has 4 nitrogen and oxygen atoms in total. The molecule has 0 bridgehead atoms. The van der Waals surface area contributed by atoms with Crippen LogP contribution in [0.15, 0.2) is 36.4 Å². The summed E-state index contributed by atoms with van der Waals surface area (Å²) in [5.41, 5.74) is 5.48. The van der Waals surface area contributed by atoms with E-state index in [0.29, 0.717) is 17.7 Å². The molecule has 1 fully saturated rings. The van der Waals surface area contributed by atoms with Crippen molar-refractivity contribution in [1.29, 1.82) is 0 Å². The number of benzene rings is 2. The Labute approximate surface area is 166 Å². The van der Waals surface area contributed by atoms with Gasteiger partial charge in [-0.3, -0.25) is 0 Å². The molecular formula is C23H28FN3O. The van der Waals surface area contributed by atoms with E-state index in [4.69, 9.17) is 4.74 Å². The molecule has 3 aliphatic heterocycles. The number of halogens is 1. The van der Waals surface area contributed by atoms with Crippen molar-refractivity contribution >= 4 is 11.4 Å². The third-order valence-electron chi connectivity index (χ3n) is 6.83. The van der Waals surface area contributed by atoms with Gasteiger partial charge in [-0.1, -0.05) is 18.2 Å². The van der Waals surface area contributed by atoms with E-state index in [1.165, 1.54) is 35.5 Å². The van der Waals surface area contributed by atoms with Gasteiger partial charge in [-0.25, -0.2) is 4.39 Å². The molecule has 3 heterocycles. The summed E-state index contributed by atoms with van der Waals surface area (Å²) in [5.74, 6) is 1.01. The van der Waals surface area contributed by atoms with Crippen LogP contribution in [0, 0.1) is 5.82 Å². The van der Waals surface area contributed by atoms with Gasteiger partial charge in [-0.05, 0) is 36.1 Å². The smallest absolute Gasteiger partial charge is 0.126 e. The predicted octanol–water partition coefficient (Wildman–Crippen LogP) is 3.50. The van der Waals surface area contributed by atoms with Crippen molar-refractivity contribution in [3.05, 3.63) is 53.3 Å². The summed E-state index contributed by atoms with van der Waals surface area (Å²) in [7, 11) is 3.82. The fourth-order valence-corrected chi connectivity index (χ4v) is 5.38. The van der Waals surface area contributed by atoms with Crippen molar-refractivity contribution in [1.82, 2.24) is 4.90 Å². The number of methoxy groups -OCH3 is 1. The van der Waals surface area contributed by atoms with Gasteiger partial charge in [-0.2, -0.15) is 0 Å². The molecule has 5 rings (SSSR count). The molecule has 2 aromatic rings. The second kappa shape index (κ2) is 6.96. The number of fused-ring (bicyclic) bond motifs is 3. The maximum atomic E-state index is 13.5. The van der Waals surface area contributed by atoms with Crippen molar-refractivity contribution in [3.63, 3.8) is 0 Å². The van der Waals surface area contributed by atoms with E-state index in [1.807, 2.05) is 6.07 Å². The maximum Gasteiger partial charge on any atom is 0.126 e. The lowest BCUT2D eigenvalue weighted by Crippen LogP contribution is -2.49. The molecule has 0 spiro atoms. The van der Waals surface area contributed by atoms with Crippen molar-refractivity contribution in [3.8, 4) is 5.75 Å². The molecule has 0 aromatic heterocycles. The first kappa shape index (κ1) is 17.8. The molecule has 2 unspecified atom stereocenters. The monoisotopic (exact) mass is 381 g/mol. The Hall–Kier alpha value is -2.27. The summed E-state index contributed by atoms with van der Waals surface area (Å²) in [6.45, 7) is 5.45. The molecule has 5 heteroatoms. The first-order valence-electron chi connectivity index (χ1n) is 10.3. The third kappa shape index (κ3) is 2.84. The average Bonchev–Trinajstić information content (AvgIpc) is 3.04. The van der Waals surface area contributed by atoms with E-state index in [9.17, 15) is 4.39 Å². The molecule has 28 heavy (non-hydrogen) atoms. The van der Waals surface area contributed by atoms with Gasteiger partial charge < -0.3 is 19.4 Å². The number of likely N-dealkylation sites (N-methyl/N-ethyl adjacent to an activating group) is 1. The lowest BCUT2D eigenvalue weighted by Gasteiger charge is -2.41. The standard InChI is InChI=1S/C23H28FN3O/c1-25-12-13-27-20-9-11-26(10-8-16-6-7-17(24)14-22(16)28-2)15-19(20)18-4-3-5-21(25)23(18)27/h3-7,14,19-20H,8-13,15H2,1-2H3. The fourth-order valence-electron chi connectivity index (χ4n) is 5.38. The molecule has 1 saturated heterocycles. The number of para-hydroxylation sites is 1. The van der Waals surface area contributed by atoms with E-state index >= 15 is 0 Å². The van der Waals surface area contributed by atoms with Crippen LogP contribution < -0.4 is 14.5 Å². The molecule has 2 atom stereocenters. The molecule has 0 saturated carbocycles. The van der Waals surface area contributed by atoms with Crippen molar-refractivity contribution in [2.75, 3.05) is 56.7 Å². The molecular weight excluding hydrogens is 353 g/mol. The minimum Gasteiger partial charge on any atom is -0.496 e. The average molecular weight is 381 g/mol. The molecule has 0 amide bonds. The van der Waals surface area contributed by atoms with Crippen LogP contribution in [0.2, 0.25) is 0 Å². The van der Waals surface area contributed by atoms with Crippen LogP contribution >= 0.6 is 0 Å². The molecule has 0 radical (unpaired) electrons. The van der Waals surface area contributed by atoms with Crippen LogP contribution in [-0.4, -0.2) is 57.8 Å². The van der Waals surface area contributed by atoms with E-state index in [2.05, 4.69) is 39.9 Å². The number of anilines is 2. The van der Waals surface area contributed by atoms with Crippen molar-refractivity contribution in [2.45, 2.75) is 24.8 Å². The van der Waals surface area contributed by atoms with Crippen LogP contribution in [0.5, 0.6) is 5.75 Å². The zero-order valence-corrected chi connectivity index (χ0v) is 16.7. The van der Waals surface area contributed by atoms with Crippen LogP contribution in [-0.2, 0) is 6.42 Å². The van der Waals surface area contributed by atoms with Gasteiger partial charge >= 0.3 is 0 Å². The highest BCUT2D eigenvalue weighted by Crippen LogP contribution is 2.50. The Bertz CT molecular complexity index is 886. The van der Waals surface area contributed by atoms with Crippen molar-refractivity contribution < 1.29 is 9.13 Å². The summed E-state index contributed by atoms with van der Waals surface area (Å²) >= 11 is 0. The van der Waals surface area contributed by atoms with Crippen LogP contribution in [0.1, 0.15) is 23.5 Å². The molecule has 2 aromatic carbocycles. The number of hydrogen-bond acceptors (Lipinski definition) is 4. The Kier molecular flexibility index (Phi) is 4.43. The minimum atomic E-state index is -0.240. The predicted molar refractivity (Wildman–Crippen MR) is 111 cm³/mol. The number of hydrogen-bond donors (Lipinski definition) is 0. The molecule has 0 N–H and O–H groups in total. The van der Waals surface area contributed by atoms with Gasteiger partial charge in [0.05, 0.1) is 18.5 Å². The number of ether oxygens (including phenoxy) is 1. The lowest BCUT2D eigenvalue weighted by molar-refractivity contribution is 0.195. The first-order chi connectivity index (χ1) is 13.7. The Morgan fingerprint density at radius 3 is 2.89 bits per heavy atom. The largest absolute Gasteiger partial charge is 0.496 e.